The van der Waals surface area contributed by atoms with Gasteiger partial charge in [0, 0.05) is 77.9 Å². The van der Waals surface area contributed by atoms with Crippen LogP contribution in [0.5, 0.6) is 0 Å². The fraction of sp³-hybridized carbons (Fsp3) is 0.777. The number of carbonyl (C=O) groups excluding carboxylic acids is 15. The van der Waals surface area contributed by atoms with Crippen molar-refractivity contribution in [2.24, 2.45) is 124 Å². The highest BCUT2D eigenvalue weighted by Crippen LogP contribution is 2.48. The average molecular weight is 2090 g/mol. The Balaban J connectivity index is 0.000000618. The van der Waals surface area contributed by atoms with E-state index >= 15 is 0 Å². The SMILES string of the molecule is C=C=NCC1CC2CCC1C2.C=C=NCCCCCCNC(=O)N(CCCCCCN=C=O)C(=O)CCCCCCCN=C=O.C=C=NCCCCCCn1c(=O)n(CCCCCCN=C=O)c(=O)n(CCCCCCN=C=O)c1=O.CC1CC(CC2CCC(N=C=O)C(C)C2)CCC1N=C=O.CCN=C=O.O=C=CC1CCC(CC2CCC(N=C=O)CC2)CC1.O=C=NCCCCCCN1C(=O)N(CCCCCCN=C=O)C1=O. The number of rotatable bonds is 68. The van der Waals surface area contributed by atoms with Crippen molar-refractivity contribution >= 4 is 108 Å². The lowest BCUT2D eigenvalue weighted by Crippen LogP contribution is -2.64. The van der Waals surface area contributed by atoms with Crippen LogP contribution in [-0.2, 0) is 77.2 Å². The van der Waals surface area contributed by atoms with E-state index in [2.05, 4.69) is 121 Å². The summed E-state index contributed by atoms with van der Waals surface area (Å²) in [6.45, 7) is 24.8. The minimum absolute atomic E-state index is 0.143. The Bertz CT molecular complexity index is 4570. The van der Waals surface area contributed by atoms with Gasteiger partial charge in [-0.3, -0.25) is 9.69 Å². The third-order valence-corrected chi connectivity index (χ3v) is 29.0. The van der Waals surface area contributed by atoms with Crippen LogP contribution in [0, 0.1) is 59.2 Å². The van der Waals surface area contributed by atoms with Crippen molar-refractivity contribution in [3.63, 3.8) is 0 Å². The van der Waals surface area contributed by atoms with Crippen LogP contribution in [0.2, 0.25) is 0 Å². The number of hydrogen-bond donors (Lipinski definition) is 1. The van der Waals surface area contributed by atoms with Crippen LogP contribution >= 0.6 is 0 Å². The molecule has 9 unspecified atom stereocenters. The van der Waals surface area contributed by atoms with Gasteiger partial charge in [-0.15, -0.1) is 0 Å². The van der Waals surface area contributed by atoms with E-state index in [0.717, 1.165) is 286 Å². The average Bonchev–Trinajstić information content (AvgIpc) is 1.06. The van der Waals surface area contributed by atoms with Gasteiger partial charge in [0.15, 0.2) is 0 Å². The van der Waals surface area contributed by atoms with E-state index in [0.29, 0.717) is 122 Å². The zero-order valence-corrected chi connectivity index (χ0v) is 90.3. The summed E-state index contributed by atoms with van der Waals surface area (Å²) in [6, 6.07) is -0.126. The quantitative estimate of drug-likeness (QED) is 0.0274. The molecule has 0 aromatic carbocycles. The molecule has 1 aromatic rings. The number of hydrogen-bond acceptors (Lipinski definition) is 31. The Labute approximate surface area is 887 Å². The lowest BCUT2D eigenvalue weighted by atomic mass is 9.71. The fourth-order valence-corrected chi connectivity index (χ4v) is 20.8. The molecule has 150 heavy (non-hydrogen) atoms. The molecule has 6 aliphatic carbocycles. The van der Waals surface area contributed by atoms with E-state index in [-0.39, 0.29) is 61.8 Å². The Morgan fingerprint density at radius 2 is 0.700 bits per heavy atom. The number of nitrogens with one attached hydrogen (secondary N) is 1. The third kappa shape index (κ3) is 62.5. The summed E-state index contributed by atoms with van der Waals surface area (Å²) in [7, 11) is 0. The van der Waals surface area contributed by atoms with Crippen molar-refractivity contribution in [2.45, 2.75) is 405 Å². The second-order valence-electron chi connectivity index (χ2n) is 40.1. The molecular weight excluding hydrogens is 1910 g/mol. The number of aliphatic imine (C=N–C) groups is 13. The number of unbranched alkanes of at least 4 members (excludes halogenated alkanes) is 25. The van der Waals surface area contributed by atoms with Crippen LogP contribution in [-0.4, -0.2) is 247 Å². The van der Waals surface area contributed by atoms with Crippen molar-refractivity contribution in [3.05, 3.63) is 57.3 Å². The van der Waals surface area contributed by atoms with Crippen LogP contribution in [0.4, 0.5) is 14.4 Å². The van der Waals surface area contributed by atoms with Gasteiger partial charge in [0.05, 0.1) is 63.9 Å². The molecule has 8 rings (SSSR count). The van der Waals surface area contributed by atoms with Crippen molar-refractivity contribution in [1.82, 2.24) is 33.7 Å². The van der Waals surface area contributed by atoms with Gasteiger partial charge in [-0.1, -0.05) is 129 Å². The normalized spacial score (nSPS) is 20.0. The maximum atomic E-state index is 13.0. The van der Waals surface area contributed by atoms with Gasteiger partial charge < -0.3 is 5.32 Å². The maximum Gasteiger partial charge on any atom is 0.336 e. The van der Waals surface area contributed by atoms with Crippen molar-refractivity contribution < 1.29 is 71.9 Å². The van der Waals surface area contributed by atoms with E-state index in [1.165, 1.54) is 161 Å². The largest absolute Gasteiger partial charge is 0.338 e. The molecule has 38 heteroatoms. The van der Waals surface area contributed by atoms with E-state index in [1.54, 1.807) is 31.2 Å². The summed E-state index contributed by atoms with van der Waals surface area (Å²) in [4.78, 5) is 251. The van der Waals surface area contributed by atoms with Crippen LogP contribution in [0.1, 0.15) is 367 Å². The molecule has 1 aromatic heterocycles. The lowest BCUT2D eigenvalue weighted by Gasteiger charge is -2.39. The zero-order valence-electron chi connectivity index (χ0n) is 90.3. The van der Waals surface area contributed by atoms with Gasteiger partial charge in [-0.25, -0.2) is 170 Å². The van der Waals surface area contributed by atoms with Gasteiger partial charge in [-0.2, -0.15) is 0 Å². The molecule has 1 N–H and O–H groups in total. The predicted molar refractivity (Wildman–Crippen MR) is 580 cm³/mol. The first-order chi connectivity index (χ1) is 73.2. The van der Waals surface area contributed by atoms with Crippen molar-refractivity contribution in [2.75, 3.05) is 91.6 Å². The zero-order chi connectivity index (χ0) is 110. The van der Waals surface area contributed by atoms with Gasteiger partial charge in [-0.05, 0) is 328 Å². The van der Waals surface area contributed by atoms with Crippen molar-refractivity contribution in [3.8, 4) is 0 Å². The Hall–Kier alpha value is -12.1. The Morgan fingerprint density at radius 3 is 1.05 bits per heavy atom. The molecule has 6 saturated carbocycles. The summed E-state index contributed by atoms with van der Waals surface area (Å²) in [5.41, 5.74) is -1.69. The predicted octanol–water partition coefficient (Wildman–Crippen LogP) is 19.3. The topological polar surface area (TPSA) is 504 Å². The summed E-state index contributed by atoms with van der Waals surface area (Å²) >= 11 is 0. The monoisotopic (exact) mass is 2090 g/mol. The van der Waals surface area contributed by atoms with Crippen LogP contribution in [0.25, 0.3) is 0 Å². The summed E-state index contributed by atoms with van der Waals surface area (Å²) in [5.74, 6) is 17.0. The van der Waals surface area contributed by atoms with Crippen molar-refractivity contribution in [1.29, 1.82) is 0 Å². The number of fused-ring (bicyclic) bond motifs is 2. The highest BCUT2D eigenvalue weighted by atomic mass is 16.2. The molecule has 2 bridgehead atoms. The highest BCUT2D eigenvalue weighted by molar-refractivity contribution is 6.11. The first-order valence-electron chi connectivity index (χ1n) is 55.6. The second-order valence-corrected chi connectivity index (χ2v) is 40.1. The summed E-state index contributed by atoms with van der Waals surface area (Å²) in [6.07, 6.45) is 69.8. The number of urea groups is 3. The number of nitrogens with zero attached hydrogens (tertiary/aromatic N) is 19. The molecule has 0 spiro atoms. The van der Waals surface area contributed by atoms with Crippen LogP contribution in [0.15, 0.2) is 105 Å². The third-order valence-electron chi connectivity index (χ3n) is 29.0. The molecule has 7 fully saturated rings. The molecule has 38 nitrogen and oxygen atoms in total. The number of amides is 7. The smallest absolute Gasteiger partial charge is 0.336 e. The van der Waals surface area contributed by atoms with Crippen LogP contribution < -0.4 is 22.4 Å². The van der Waals surface area contributed by atoms with Gasteiger partial charge >= 0.3 is 35.2 Å². The molecule has 0 radical (unpaired) electrons. The molecular formula is C112H172N20O18. The van der Waals surface area contributed by atoms with E-state index in [4.69, 9.17) is 4.79 Å². The lowest BCUT2D eigenvalue weighted by molar-refractivity contribution is -0.128. The van der Waals surface area contributed by atoms with E-state index in [9.17, 15) is 81.5 Å². The molecule has 2 heterocycles. The molecule has 1 saturated heterocycles. The van der Waals surface area contributed by atoms with E-state index in [1.807, 2.05) is 5.94 Å². The van der Waals surface area contributed by atoms with Crippen LogP contribution in [0.3, 0.4) is 0 Å². The first kappa shape index (κ1) is 134. The minimum atomic E-state index is -0.570. The Kier molecular flexibility index (Phi) is 82.0. The van der Waals surface area contributed by atoms with Gasteiger partial charge in [0.1, 0.15) is 5.94 Å². The Morgan fingerprint density at radius 1 is 0.353 bits per heavy atom. The maximum absolute atomic E-state index is 13.0. The van der Waals surface area contributed by atoms with Gasteiger partial charge in [0.25, 0.3) is 0 Å². The number of isocyanates is 10. The first-order valence-corrected chi connectivity index (χ1v) is 55.6. The molecule has 7 aliphatic rings. The second kappa shape index (κ2) is 91.9. The molecule has 1 aliphatic heterocycles. The summed E-state index contributed by atoms with van der Waals surface area (Å²) < 4.78 is 3.52. The standard InChI is InChI=1S/C25H38N6O5.C25H41N5O4.C17H26N2O2.C16H24N4O4.C16H23NO2.C10H15N.C3H5NO/c1-2-26-15-9-3-6-12-18-29-23(34)30(19-13-7-4-10-16-27-21-32)25(36)31(24(29)35)20-14-8-5-11-17-28-22-33;1-2-26-17-11-6-7-14-20-29-25(34)30(21-15-9-8-13-19-28-23-32)24(33)16-10-4-3-5-12-18-27-22-31;1-12-7-14(3-5-16(12)18-10-20)9-15-4-6-17(19-11-21)13(2)8-15;21-13-17-9-5-1-3-7-11-19-15(23)20(16(19)24)12-8-4-2-6-10-18-14-22;18-10-9-13-1-3-14(4-2-13)11-15-5-7-16(8-6-15)17-12-19;1-2-11-7-10-6-8-3-4-9(10)5-8;1-2-4-3-5/h1,3-20H2;1,3-21H2,(H,29,34);12-17H,3-9H2,1-2H3;1-12H2;9,13-16H,1-8,11H2;8-10H,1,3-7H2;2H2,1H3. The number of imide groups is 3. The molecule has 7 amide bonds. The molecule has 828 valence electrons. The number of carbonyl (C=O) groups is 4. The van der Waals surface area contributed by atoms with Gasteiger partial charge in [0.2, 0.25) is 66.7 Å². The number of aromatic nitrogens is 3. The number of allylic oxidation sites excluding steroid dienone is 1. The highest BCUT2D eigenvalue weighted by Gasteiger charge is 2.43. The summed E-state index contributed by atoms with van der Waals surface area (Å²) in [5, 5.41) is 2.89. The fourth-order valence-electron chi connectivity index (χ4n) is 20.8. The molecule has 9 atom stereocenters. The van der Waals surface area contributed by atoms with E-state index < -0.39 is 17.1 Å². The minimum Gasteiger partial charge on any atom is -0.338 e.